The summed E-state index contributed by atoms with van der Waals surface area (Å²) in [7, 11) is 0. The summed E-state index contributed by atoms with van der Waals surface area (Å²) >= 11 is -2.62. The fourth-order valence-corrected chi connectivity index (χ4v) is 26.5. The van der Waals surface area contributed by atoms with Crippen LogP contribution in [0.4, 0.5) is 0 Å². The minimum absolute atomic E-state index is 0. The molecule has 0 radical (unpaired) electrons. The maximum Gasteiger partial charge on any atom is -1.00 e. The van der Waals surface area contributed by atoms with Crippen LogP contribution in [-0.2, 0) is 20.3 Å². The third kappa shape index (κ3) is 3.12. The summed E-state index contributed by atoms with van der Waals surface area (Å²) < 4.78 is 3.19. The van der Waals surface area contributed by atoms with Crippen molar-refractivity contribution < 1.29 is 45.1 Å². The third-order valence-electron chi connectivity index (χ3n) is 8.80. The predicted octanol–water partition coefficient (Wildman–Crippen LogP) is 2.62. The Morgan fingerprint density at radius 1 is 0.545 bits per heavy atom. The number of rotatable bonds is 2. The Morgan fingerprint density at radius 2 is 0.909 bits per heavy atom. The zero-order valence-electron chi connectivity index (χ0n) is 18.8. The van der Waals surface area contributed by atoms with Crippen LogP contribution in [0.3, 0.4) is 0 Å². The van der Waals surface area contributed by atoms with Crippen LogP contribution in [-0.4, -0.2) is 0 Å². The quantitative estimate of drug-likeness (QED) is 0.362. The van der Waals surface area contributed by atoms with Crippen LogP contribution in [0.1, 0.15) is 43.4 Å². The van der Waals surface area contributed by atoms with Gasteiger partial charge in [0.05, 0.1) is 0 Å². The van der Waals surface area contributed by atoms with Gasteiger partial charge < -0.3 is 24.8 Å². The molecule has 0 nitrogen and oxygen atoms in total. The molecule has 33 heavy (non-hydrogen) atoms. The predicted molar refractivity (Wildman–Crippen MR) is 130 cm³/mol. The molecule has 1 fully saturated rings. The number of halogens is 2. The summed E-state index contributed by atoms with van der Waals surface area (Å²) in [6.45, 7) is 5.14. The topological polar surface area (TPSA) is 0 Å². The van der Waals surface area contributed by atoms with Gasteiger partial charge in [-0.05, 0) is 0 Å². The van der Waals surface area contributed by atoms with Gasteiger partial charge in [0.15, 0.2) is 0 Å². The molecule has 0 bridgehead atoms. The summed E-state index contributed by atoms with van der Waals surface area (Å²) in [5.41, 5.74) is 6.17. The molecule has 0 N–H and O–H groups in total. The largest absolute Gasteiger partial charge is 1.00 e. The average Bonchev–Trinajstić information content (AvgIpc) is 3.16. The molecule has 0 spiro atoms. The molecule has 7 rings (SSSR count). The van der Waals surface area contributed by atoms with E-state index in [1.54, 1.807) is 11.1 Å². The second-order valence-electron chi connectivity index (χ2n) is 9.91. The molecule has 164 valence electrons. The third-order valence-corrected chi connectivity index (χ3v) is 25.8. The van der Waals surface area contributed by atoms with Crippen LogP contribution in [0.2, 0.25) is 7.25 Å². The van der Waals surface area contributed by atoms with E-state index < -0.39 is 20.3 Å². The van der Waals surface area contributed by atoms with Crippen molar-refractivity contribution in [2.45, 2.75) is 28.4 Å². The van der Waals surface area contributed by atoms with Crippen molar-refractivity contribution in [1.29, 1.82) is 0 Å². The average molecular weight is 549 g/mol. The summed E-state index contributed by atoms with van der Waals surface area (Å²) in [4.78, 5) is 0. The van der Waals surface area contributed by atoms with Crippen LogP contribution in [0.25, 0.3) is 33.7 Å². The first-order valence-electron chi connectivity index (χ1n) is 11.6. The normalized spacial score (nSPS) is 26.4. The Labute approximate surface area is 213 Å². The van der Waals surface area contributed by atoms with Crippen molar-refractivity contribution in [1.82, 2.24) is 0 Å². The van der Waals surface area contributed by atoms with E-state index in [4.69, 9.17) is 0 Å². The maximum absolute atomic E-state index is 2.62. The van der Waals surface area contributed by atoms with Crippen LogP contribution in [0, 0.1) is 0 Å². The maximum atomic E-state index is 2.60. The number of hydrogen-bond acceptors (Lipinski definition) is 0. The first-order chi connectivity index (χ1) is 15.2. The zero-order chi connectivity index (χ0) is 20.7. The molecule has 4 atom stereocenters. The van der Waals surface area contributed by atoms with Gasteiger partial charge in [-0.2, -0.15) is 0 Å². The van der Waals surface area contributed by atoms with Crippen LogP contribution >= 0.6 is 0 Å². The van der Waals surface area contributed by atoms with Crippen molar-refractivity contribution in [2.75, 3.05) is 0 Å². The second kappa shape index (κ2) is 8.23. The Bertz CT molecular complexity index is 1340. The molecule has 0 amide bonds. The van der Waals surface area contributed by atoms with Gasteiger partial charge in [-0.3, -0.25) is 0 Å². The van der Waals surface area contributed by atoms with Gasteiger partial charge in [0.2, 0.25) is 0 Å². The van der Waals surface area contributed by atoms with Crippen LogP contribution in [0.15, 0.2) is 84.9 Å². The molecular formula is C30H26Cl2Zr. The van der Waals surface area contributed by atoms with E-state index in [1.165, 1.54) is 32.7 Å². The van der Waals surface area contributed by atoms with Gasteiger partial charge in [-0.25, -0.2) is 0 Å². The van der Waals surface area contributed by atoms with Crippen molar-refractivity contribution in [3.8, 4) is 0 Å². The molecule has 1 aliphatic heterocycles. The van der Waals surface area contributed by atoms with E-state index in [0.717, 1.165) is 7.25 Å². The first kappa shape index (κ1) is 23.1. The summed E-state index contributed by atoms with van der Waals surface area (Å²) in [5.74, 6) is 0. The Balaban J connectivity index is 0.00000114. The van der Waals surface area contributed by atoms with E-state index in [2.05, 4.69) is 111 Å². The number of hydrogen-bond donors (Lipinski definition) is 0. The van der Waals surface area contributed by atoms with E-state index in [-0.39, 0.29) is 24.8 Å². The summed E-state index contributed by atoms with van der Waals surface area (Å²) in [6, 6.07) is 27.6. The molecule has 0 saturated carbocycles. The van der Waals surface area contributed by atoms with E-state index in [9.17, 15) is 0 Å². The van der Waals surface area contributed by atoms with Crippen molar-refractivity contribution in [2.24, 2.45) is 0 Å². The zero-order valence-corrected chi connectivity index (χ0v) is 22.8. The van der Waals surface area contributed by atoms with Crippen LogP contribution in [0.5, 0.6) is 0 Å². The molecule has 1 heterocycles. The van der Waals surface area contributed by atoms with Crippen molar-refractivity contribution >= 4 is 33.7 Å². The summed E-state index contributed by atoms with van der Waals surface area (Å²) in [6.07, 6.45) is 10.1. The molecule has 4 aromatic rings. The van der Waals surface area contributed by atoms with Gasteiger partial charge in [-0.15, -0.1) is 0 Å². The van der Waals surface area contributed by atoms with Gasteiger partial charge in [0.25, 0.3) is 0 Å². The minimum atomic E-state index is -2.62. The monoisotopic (exact) mass is 546 g/mol. The molecule has 2 aliphatic carbocycles. The Morgan fingerprint density at radius 3 is 1.27 bits per heavy atom. The molecule has 4 aromatic carbocycles. The minimum Gasteiger partial charge on any atom is -1.00 e. The fourth-order valence-electron chi connectivity index (χ4n) is 7.02. The van der Waals surface area contributed by atoms with Crippen LogP contribution < -0.4 is 24.8 Å². The molecule has 4 unspecified atom stereocenters. The Hall–Kier alpha value is -1.66. The molecule has 1 saturated heterocycles. The van der Waals surface area contributed by atoms with E-state index in [1.807, 2.05) is 0 Å². The van der Waals surface area contributed by atoms with Gasteiger partial charge in [0.1, 0.15) is 0 Å². The van der Waals surface area contributed by atoms with E-state index >= 15 is 0 Å². The smallest absolute Gasteiger partial charge is 1.00 e. The number of allylic oxidation sites excluding steroid dienone is 2. The second-order valence-corrected chi connectivity index (χ2v) is 22.4. The standard InChI is InChI=1S/2C13H9.C4H8.2ClH.Zr/c2*1-2-5-11-9-13-7-3-6-12(13)8-10(11)4-1;1-3-4-2;;;/h2*1-9H;3-4H,1-2H3;2*1H;/q;;;;;+2/p-2. The SMILES string of the molecule is C[CH]1[CH](C)[Zr+2]1([CH]1C=Cc2cc3ccccc3cc21)[CH]1C=Cc2cc3ccccc3cc21.[Cl-].[Cl-]. The summed E-state index contributed by atoms with van der Waals surface area (Å²) in [5, 5.41) is 5.52. The van der Waals surface area contributed by atoms with Crippen molar-refractivity contribution in [3.05, 3.63) is 107 Å². The van der Waals surface area contributed by atoms with Gasteiger partial charge in [0, 0.05) is 0 Å². The first-order valence-corrected chi connectivity index (χ1v) is 17.3. The molecule has 3 heteroatoms. The molecule has 3 aliphatic rings. The van der Waals surface area contributed by atoms with Gasteiger partial charge in [-0.1, -0.05) is 0 Å². The molecule has 0 aromatic heterocycles. The number of benzene rings is 4. The fraction of sp³-hybridized carbons (Fsp3) is 0.200. The Kier molecular flexibility index (Phi) is 5.76. The van der Waals surface area contributed by atoms with Crippen molar-refractivity contribution in [3.63, 3.8) is 0 Å². The van der Waals surface area contributed by atoms with E-state index in [0.29, 0.717) is 7.25 Å². The number of fused-ring (bicyclic) bond motifs is 4. The molecular weight excluding hydrogens is 522 g/mol. The van der Waals surface area contributed by atoms with Gasteiger partial charge >= 0.3 is 190 Å².